The van der Waals surface area contributed by atoms with Gasteiger partial charge in [-0.15, -0.1) is 0 Å². The normalized spacial score (nSPS) is 11.8. The number of hydrogen-bond donors (Lipinski definition) is 0. The standard InChI is InChI=1S/C63H40N6/c1-3-15-42(16-4-1)61-64-62(43-17-5-2-6-18-43)66-63(65-61)44-29-34-47(35-30-44)68-55-23-11-9-21-51(55)53-37-31-45(39-60(53)68)41-27-32-46(33-28-41)67-58-26-14-10-22-52(58)54-40-48(36-38-59(54)67)69-56-24-12-7-19-49(56)50-20-8-13-25-57(50)69/h1-40H. The Kier molecular flexibility index (Phi) is 8.79. The fourth-order valence-electron chi connectivity index (χ4n) is 10.5. The zero-order valence-electron chi connectivity index (χ0n) is 37.3. The molecule has 0 atom stereocenters. The van der Waals surface area contributed by atoms with Crippen LogP contribution in [0.25, 0.3) is 128 Å². The predicted octanol–water partition coefficient (Wildman–Crippen LogP) is 15.8. The molecule has 0 bridgehead atoms. The second-order valence-electron chi connectivity index (χ2n) is 17.6. The smallest absolute Gasteiger partial charge is 0.164 e. The lowest BCUT2D eigenvalue weighted by atomic mass is 10.0. The molecule has 0 aliphatic rings. The van der Waals surface area contributed by atoms with Gasteiger partial charge in [0.05, 0.1) is 33.1 Å². The maximum absolute atomic E-state index is 4.99. The average molecular weight is 881 g/mol. The summed E-state index contributed by atoms with van der Waals surface area (Å²) in [6.07, 6.45) is 0. The van der Waals surface area contributed by atoms with Crippen LogP contribution < -0.4 is 0 Å². The highest BCUT2D eigenvalue weighted by atomic mass is 15.0. The molecule has 14 aromatic rings. The molecule has 0 fully saturated rings. The second-order valence-corrected chi connectivity index (χ2v) is 17.6. The predicted molar refractivity (Wildman–Crippen MR) is 285 cm³/mol. The molecule has 0 N–H and O–H groups in total. The minimum Gasteiger partial charge on any atom is -0.309 e. The van der Waals surface area contributed by atoms with Crippen molar-refractivity contribution in [3.05, 3.63) is 243 Å². The van der Waals surface area contributed by atoms with E-state index in [0.29, 0.717) is 17.5 Å². The summed E-state index contributed by atoms with van der Waals surface area (Å²) in [5.41, 5.74) is 15.5. The Morgan fingerprint density at radius 3 is 1.03 bits per heavy atom. The fraction of sp³-hybridized carbons (Fsp3) is 0. The van der Waals surface area contributed by atoms with Crippen molar-refractivity contribution >= 4 is 65.4 Å². The molecule has 0 aliphatic heterocycles. The number of para-hydroxylation sites is 4. The lowest BCUT2D eigenvalue weighted by molar-refractivity contribution is 1.07. The highest BCUT2D eigenvalue weighted by molar-refractivity contribution is 6.13. The van der Waals surface area contributed by atoms with Gasteiger partial charge in [0.25, 0.3) is 0 Å². The monoisotopic (exact) mass is 880 g/mol. The molecule has 4 aromatic heterocycles. The van der Waals surface area contributed by atoms with Crippen LogP contribution in [0.5, 0.6) is 0 Å². The van der Waals surface area contributed by atoms with Crippen LogP contribution >= 0.6 is 0 Å². The Morgan fingerprint density at radius 1 is 0.203 bits per heavy atom. The number of aromatic nitrogens is 6. The first-order valence-corrected chi connectivity index (χ1v) is 23.4. The third-order valence-corrected chi connectivity index (χ3v) is 13.7. The SMILES string of the molecule is c1ccc(-c2nc(-c3ccccc3)nc(-c3ccc(-n4c5ccccc5c5ccc(-c6ccc(-n7c8ccccc8c8cc(-n9c%10ccccc%10c%10ccccc%109)ccc87)cc6)cc54)cc3)n2)cc1. The second kappa shape index (κ2) is 15.6. The number of rotatable bonds is 7. The van der Waals surface area contributed by atoms with Crippen molar-refractivity contribution in [3.63, 3.8) is 0 Å². The van der Waals surface area contributed by atoms with Crippen molar-refractivity contribution in [2.75, 3.05) is 0 Å². The topological polar surface area (TPSA) is 53.5 Å². The third-order valence-electron chi connectivity index (χ3n) is 13.7. The molecule has 10 aromatic carbocycles. The van der Waals surface area contributed by atoms with Crippen LogP contribution in [-0.2, 0) is 0 Å². The molecule has 0 spiro atoms. The highest BCUT2D eigenvalue weighted by Gasteiger charge is 2.19. The van der Waals surface area contributed by atoms with Crippen LogP contribution in [-0.4, -0.2) is 28.7 Å². The first kappa shape index (κ1) is 38.8. The highest BCUT2D eigenvalue weighted by Crippen LogP contribution is 2.39. The maximum Gasteiger partial charge on any atom is 0.164 e. The Labute approximate surface area is 397 Å². The van der Waals surface area contributed by atoms with Crippen LogP contribution in [0.2, 0.25) is 0 Å². The minimum atomic E-state index is 0.632. The maximum atomic E-state index is 4.99. The van der Waals surface area contributed by atoms with E-state index in [2.05, 4.69) is 196 Å². The number of fused-ring (bicyclic) bond motifs is 9. The molecule has 0 saturated carbocycles. The van der Waals surface area contributed by atoms with Crippen LogP contribution in [0.4, 0.5) is 0 Å². The van der Waals surface area contributed by atoms with Crippen molar-refractivity contribution in [1.82, 2.24) is 28.7 Å². The summed E-state index contributed by atoms with van der Waals surface area (Å²) in [6.45, 7) is 0. The van der Waals surface area contributed by atoms with E-state index in [1.165, 1.54) is 54.4 Å². The van der Waals surface area contributed by atoms with Crippen LogP contribution in [0, 0.1) is 0 Å². The van der Waals surface area contributed by atoms with Gasteiger partial charge in [-0.25, -0.2) is 15.0 Å². The van der Waals surface area contributed by atoms with Gasteiger partial charge in [0.2, 0.25) is 0 Å². The molecule has 6 nitrogen and oxygen atoms in total. The average Bonchev–Trinajstić information content (AvgIpc) is 4.06. The largest absolute Gasteiger partial charge is 0.309 e. The molecule has 0 radical (unpaired) electrons. The van der Waals surface area contributed by atoms with E-state index in [9.17, 15) is 0 Å². The van der Waals surface area contributed by atoms with Gasteiger partial charge in [-0.2, -0.15) is 0 Å². The van der Waals surface area contributed by atoms with Gasteiger partial charge >= 0.3 is 0 Å². The van der Waals surface area contributed by atoms with Crippen LogP contribution in [0.15, 0.2) is 243 Å². The van der Waals surface area contributed by atoms with E-state index >= 15 is 0 Å². The van der Waals surface area contributed by atoms with Crippen LogP contribution in [0.1, 0.15) is 0 Å². The van der Waals surface area contributed by atoms with Crippen molar-refractivity contribution in [2.45, 2.75) is 0 Å². The summed E-state index contributed by atoms with van der Waals surface area (Å²) in [5, 5.41) is 7.40. The molecule has 4 heterocycles. The van der Waals surface area contributed by atoms with Gasteiger partial charge in [-0.1, -0.05) is 158 Å². The lowest BCUT2D eigenvalue weighted by Gasteiger charge is -2.12. The molecule has 14 rings (SSSR count). The van der Waals surface area contributed by atoms with Crippen molar-refractivity contribution < 1.29 is 0 Å². The molecule has 0 unspecified atom stereocenters. The third kappa shape index (κ3) is 6.30. The molecule has 0 amide bonds. The first-order valence-electron chi connectivity index (χ1n) is 23.4. The van der Waals surface area contributed by atoms with Crippen molar-refractivity contribution in [1.29, 1.82) is 0 Å². The molecular formula is C63H40N6. The molecule has 322 valence electrons. The van der Waals surface area contributed by atoms with Gasteiger partial charge in [0, 0.05) is 66.1 Å². The Morgan fingerprint density at radius 2 is 0.536 bits per heavy atom. The van der Waals surface area contributed by atoms with Gasteiger partial charge < -0.3 is 13.7 Å². The minimum absolute atomic E-state index is 0.632. The molecule has 6 heteroatoms. The summed E-state index contributed by atoms with van der Waals surface area (Å²) >= 11 is 0. The molecule has 69 heavy (non-hydrogen) atoms. The summed E-state index contributed by atoms with van der Waals surface area (Å²) < 4.78 is 7.17. The fourth-order valence-corrected chi connectivity index (χ4v) is 10.5. The zero-order valence-corrected chi connectivity index (χ0v) is 37.3. The van der Waals surface area contributed by atoms with E-state index in [1.54, 1.807) is 0 Å². The lowest BCUT2D eigenvalue weighted by Crippen LogP contribution is -2.00. The van der Waals surface area contributed by atoms with Crippen molar-refractivity contribution in [2.24, 2.45) is 0 Å². The first-order chi connectivity index (χ1) is 34.2. The summed E-state index contributed by atoms with van der Waals surface area (Å²) in [7, 11) is 0. The Hall–Kier alpha value is -9.39. The van der Waals surface area contributed by atoms with E-state index in [0.717, 1.165) is 55.9 Å². The van der Waals surface area contributed by atoms with E-state index in [1.807, 2.05) is 60.7 Å². The molecular weight excluding hydrogens is 841 g/mol. The summed E-state index contributed by atoms with van der Waals surface area (Å²) in [5.74, 6) is 1.92. The zero-order chi connectivity index (χ0) is 45.4. The quantitative estimate of drug-likeness (QED) is 0.160. The van der Waals surface area contributed by atoms with E-state index in [4.69, 9.17) is 15.0 Å². The van der Waals surface area contributed by atoms with Gasteiger partial charge in [0.1, 0.15) is 0 Å². The van der Waals surface area contributed by atoms with Gasteiger partial charge in [-0.3, -0.25) is 0 Å². The number of nitrogens with zero attached hydrogens (tertiary/aromatic N) is 6. The van der Waals surface area contributed by atoms with E-state index in [-0.39, 0.29) is 0 Å². The molecule has 0 aliphatic carbocycles. The van der Waals surface area contributed by atoms with Gasteiger partial charge in [-0.05, 0) is 96.1 Å². The summed E-state index contributed by atoms with van der Waals surface area (Å²) in [4.78, 5) is 14.9. The van der Waals surface area contributed by atoms with Crippen LogP contribution in [0.3, 0.4) is 0 Å². The number of hydrogen-bond acceptors (Lipinski definition) is 3. The molecule has 0 saturated heterocycles. The van der Waals surface area contributed by atoms with Gasteiger partial charge in [0.15, 0.2) is 17.5 Å². The number of benzene rings is 10. The summed E-state index contributed by atoms with van der Waals surface area (Å²) in [6, 6.07) is 86.4. The van der Waals surface area contributed by atoms with E-state index < -0.39 is 0 Å². The Balaban J connectivity index is 0.839. The van der Waals surface area contributed by atoms with Crippen molar-refractivity contribution in [3.8, 4) is 62.4 Å². The Bertz CT molecular complexity index is 4170.